The van der Waals surface area contributed by atoms with Crippen LogP contribution in [0.15, 0.2) is 18.2 Å². The molecule has 0 amide bonds. The van der Waals surface area contributed by atoms with E-state index in [1.54, 1.807) is 11.8 Å². The summed E-state index contributed by atoms with van der Waals surface area (Å²) in [6, 6.07) is 5.74. The first-order valence-corrected chi connectivity index (χ1v) is 6.31. The van der Waals surface area contributed by atoms with Gasteiger partial charge in [0.05, 0.1) is 5.37 Å². The Morgan fingerprint density at radius 1 is 1.50 bits per heavy atom. The molecule has 1 heterocycles. The van der Waals surface area contributed by atoms with E-state index in [1.165, 1.54) is 16.7 Å². The molecule has 0 spiro atoms. The molecule has 0 saturated carbocycles. The zero-order valence-corrected chi connectivity index (χ0v) is 10.2. The third kappa shape index (κ3) is 2.08. The summed E-state index contributed by atoms with van der Waals surface area (Å²) in [5.41, 5.74) is 3.70. The Labute approximate surface area is 99.2 Å². The first-order valence-electron chi connectivity index (χ1n) is 5.26. The molecule has 1 fully saturated rings. The third-order valence-corrected chi connectivity index (χ3v) is 4.26. The second-order valence-electron chi connectivity index (χ2n) is 4.06. The van der Waals surface area contributed by atoms with Gasteiger partial charge in [0.1, 0.15) is 6.04 Å². The van der Waals surface area contributed by atoms with E-state index in [0.29, 0.717) is 5.75 Å². The Bertz CT molecular complexity index is 419. The number of hydrogen-bond donors (Lipinski definition) is 2. The van der Waals surface area contributed by atoms with Gasteiger partial charge in [-0.2, -0.15) is 0 Å². The summed E-state index contributed by atoms with van der Waals surface area (Å²) in [7, 11) is 0. The Hall–Kier alpha value is -1.00. The molecule has 16 heavy (non-hydrogen) atoms. The quantitative estimate of drug-likeness (QED) is 0.827. The number of hydrogen-bond acceptors (Lipinski definition) is 3. The number of rotatable bonds is 2. The van der Waals surface area contributed by atoms with E-state index >= 15 is 0 Å². The lowest BCUT2D eigenvalue weighted by Gasteiger charge is -2.15. The zero-order chi connectivity index (χ0) is 11.7. The van der Waals surface area contributed by atoms with Crippen molar-refractivity contribution in [1.29, 1.82) is 0 Å². The maximum absolute atomic E-state index is 10.9. The van der Waals surface area contributed by atoms with Crippen molar-refractivity contribution in [2.45, 2.75) is 25.3 Å². The van der Waals surface area contributed by atoms with Crippen LogP contribution in [-0.4, -0.2) is 22.9 Å². The molecule has 1 aliphatic rings. The molecule has 1 saturated heterocycles. The summed E-state index contributed by atoms with van der Waals surface area (Å²) in [6.07, 6.45) is 0. The minimum Gasteiger partial charge on any atom is -0.480 e. The number of carbonyl (C=O) groups is 1. The van der Waals surface area contributed by atoms with Crippen LogP contribution in [0.4, 0.5) is 0 Å². The highest BCUT2D eigenvalue weighted by Gasteiger charge is 2.30. The highest BCUT2D eigenvalue weighted by atomic mass is 32.2. The number of nitrogens with one attached hydrogen (secondary N) is 1. The van der Waals surface area contributed by atoms with Crippen LogP contribution in [0.2, 0.25) is 0 Å². The lowest BCUT2D eigenvalue weighted by atomic mass is 10.0. The number of carboxylic acids is 1. The Kier molecular flexibility index (Phi) is 3.21. The van der Waals surface area contributed by atoms with Crippen LogP contribution in [0.25, 0.3) is 0 Å². The molecule has 0 aliphatic carbocycles. The van der Waals surface area contributed by atoms with Crippen molar-refractivity contribution < 1.29 is 9.90 Å². The SMILES string of the molecule is Cc1cccc(C2N[C@@H](C(=O)O)CS2)c1C. The van der Waals surface area contributed by atoms with Gasteiger partial charge in [0, 0.05) is 5.75 Å². The summed E-state index contributed by atoms with van der Waals surface area (Å²) in [5, 5.41) is 12.2. The fourth-order valence-electron chi connectivity index (χ4n) is 1.85. The standard InChI is InChI=1S/C12H15NO2S/c1-7-4-3-5-9(8(7)2)11-13-10(6-16-11)12(14)15/h3-5,10-11,13H,6H2,1-2H3,(H,14,15)/t10-,11?/m1/s1. The molecular formula is C12H15NO2S. The van der Waals surface area contributed by atoms with Crippen molar-refractivity contribution in [2.24, 2.45) is 0 Å². The van der Waals surface area contributed by atoms with E-state index in [1.807, 2.05) is 6.07 Å². The van der Waals surface area contributed by atoms with Crippen LogP contribution < -0.4 is 5.32 Å². The summed E-state index contributed by atoms with van der Waals surface area (Å²) in [4.78, 5) is 10.9. The molecule has 0 radical (unpaired) electrons. The van der Waals surface area contributed by atoms with Gasteiger partial charge in [0.2, 0.25) is 0 Å². The summed E-state index contributed by atoms with van der Waals surface area (Å²) in [5.74, 6) is -0.131. The van der Waals surface area contributed by atoms with Crippen molar-refractivity contribution in [3.8, 4) is 0 Å². The van der Waals surface area contributed by atoms with Crippen molar-refractivity contribution >= 4 is 17.7 Å². The smallest absolute Gasteiger partial charge is 0.321 e. The maximum atomic E-state index is 10.9. The monoisotopic (exact) mass is 237 g/mol. The first-order chi connectivity index (χ1) is 7.59. The molecule has 86 valence electrons. The van der Waals surface area contributed by atoms with Crippen molar-refractivity contribution in [2.75, 3.05) is 5.75 Å². The molecule has 1 aromatic carbocycles. The molecule has 2 rings (SSSR count). The Morgan fingerprint density at radius 2 is 2.25 bits per heavy atom. The topological polar surface area (TPSA) is 49.3 Å². The zero-order valence-electron chi connectivity index (χ0n) is 9.36. The summed E-state index contributed by atoms with van der Waals surface area (Å²) < 4.78 is 0. The molecule has 0 aromatic heterocycles. The van der Waals surface area contributed by atoms with E-state index in [-0.39, 0.29) is 5.37 Å². The van der Waals surface area contributed by atoms with E-state index in [9.17, 15) is 4.79 Å². The van der Waals surface area contributed by atoms with Gasteiger partial charge in [-0.05, 0) is 30.5 Å². The van der Waals surface area contributed by atoms with Gasteiger partial charge in [0.25, 0.3) is 0 Å². The van der Waals surface area contributed by atoms with Crippen LogP contribution in [0.1, 0.15) is 22.1 Å². The van der Waals surface area contributed by atoms with Crippen LogP contribution in [0.5, 0.6) is 0 Å². The van der Waals surface area contributed by atoms with Gasteiger partial charge in [0.15, 0.2) is 0 Å². The fourth-order valence-corrected chi connectivity index (χ4v) is 3.17. The maximum Gasteiger partial charge on any atom is 0.321 e. The molecule has 1 unspecified atom stereocenters. The predicted molar refractivity (Wildman–Crippen MR) is 65.7 cm³/mol. The summed E-state index contributed by atoms with van der Waals surface area (Å²) >= 11 is 1.66. The predicted octanol–water partition coefficient (Wildman–Crippen LogP) is 2.09. The molecular weight excluding hydrogens is 222 g/mol. The lowest BCUT2D eigenvalue weighted by molar-refractivity contribution is -0.138. The summed E-state index contributed by atoms with van der Waals surface area (Å²) in [6.45, 7) is 4.16. The van der Waals surface area contributed by atoms with Gasteiger partial charge >= 0.3 is 5.97 Å². The molecule has 2 atom stereocenters. The molecule has 4 heteroatoms. The average Bonchev–Trinajstić information content (AvgIpc) is 2.71. The lowest BCUT2D eigenvalue weighted by Crippen LogP contribution is -2.33. The normalized spacial score (nSPS) is 24.6. The third-order valence-electron chi connectivity index (χ3n) is 3.01. The minimum absolute atomic E-state index is 0.112. The largest absolute Gasteiger partial charge is 0.480 e. The minimum atomic E-state index is -0.764. The molecule has 1 aromatic rings. The Morgan fingerprint density at radius 3 is 2.88 bits per heavy atom. The number of benzene rings is 1. The van der Waals surface area contributed by atoms with Crippen LogP contribution in [0, 0.1) is 13.8 Å². The number of aryl methyl sites for hydroxylation is 1. The van der Waals surface area contributed by atoms with Crippen LogP contribution in [-0.2, 0) is 4.79 Å². The van der Waals surface area contributed by atoms with Crippen molar-refractivity contribution in [1.82, 2.24) is 5.32 Å². The van der Waals surface area contributed by atoms with E-state index in [2.05, 4.69) is 31.3 Å². The number of aliphatic carboxylic acids is 1. The molecule has 3 nitrogen and oxygen atoms in total. The highest BCUT2D eigenvalue weighted by Crippen LogP contribution is 2.35. The van der Waals surface area contributed by atoms with E-state index in [4.69, 9.17) is 5.11 Å². The van der Waals surface area contributed by atoms with Crippen LogP contribution in [0.3, 0.4) is 0 Å². The molecule has 1 aliphatic heterocycles. The van der Waals surface area contributed by atoms with E-state index in [0.717, 1.165) is 0 Å². The van der Waals surface area contributed by atoms with Crippen molar-refractivity contribution in [3.05, 3.63) is 34.9 Å². The first kappa shape index (κ1) is 11.5. The van der Waals surface area contributed by atoms with Crippen LogP contribution >= 0.6 is 11.8 Å². The fraction of sp³-hybridized carbons (Fsp3) is 0.417. The van der Waals surface area contributed by atoms with Gasteiger partial charge in [-0.15, -0.1) is 11.8 Å². The van der Waals surface area contributed by atoms with Gasteiger partial charge in [-0.25, -0.2) is 0 Å². The van der Waals surface area contributed by atoms with Gasteiger partial charge in [-0.1, -0.05) is 18.2 Å². The second-order valence-corrected chi connectivity index (χ2v) is 5.20. The van der Waals surface area contributed by atoms with Crippen molar-refractivity contribution in [3.63, 3.8) is 0 Å². The number of carboxylic acid groups (broad SMARTS) is 1. The highest BCUT2D eigenvalue weighted by molar-refractivity contribution is 7.99. The Balaban J connectivity index is 2.21. The average molecular weight is 237 g/mol. The van der Waals surface area contributed by atoms with E-state index < -0.39 is 12.0 Å². The second kappa shape index (κ2) is 4.47. The van der Waals surface area contributed by atoms with Gasteiger partial charge < -0.3 is 5.11 Å². The molecule has 2 N–H and O–H groups in total. The van der Waals surface area contributed by atoms with Gasteiger partial charge in [-0.3, -0.25) is 10.1 Å². The molecule has 0 bridgehead atoms. The number of thioether (sulfide) groups is 1.